The summed E-state index contributed by atoms with van der Waals surface area (Å²) in [4.78, 5) is 0. The van der Waals surface area contributed by atoms with Gasteiger partial charge in [0.25, 0.3) is 0 Å². The van der Waals surface area contributed by atoms with Crippen molar-refractivity contribution in [3.8, 4) is 5.75 Å². The van der Waals surface area contributed by atoms with Crippen molar-refractivity contribution in [2.45, 2.75) is 78.0 Å². The molecule has 2 aromatic carbocycles. The Balaban J connectivity index is 0.00000181. The van der Waals surface area contributed by atoms with Crippen LogP contribution in [0, 0.1) is 11.6 Å². The molecule has 0 saturated heterocycles. The number of alkyl halides is 3. The molecule has 0 fully saturated rings. The van der Waals surface area contributed by atoms with E-state index in [1.54, 1.807) is 18.2 Å². The molecule has 0 heterocycles. The molecule has 0 aliphatic heterocycles. The van der Waals surface area contributed by atoms with E-state index in [1.807, 2.05) is 27.7 Å². The molecule has 2 aromatic rings. The Bertz CT molecular complexity index is 1180. The summed E-state index contributed by atoms with van der Waals surface area (Å²) in [6.45, 7) is 11.0. The lowest BCUT2D eigenvalue weighted by atomic mass is 9.72. The molecule has 216 valence electrons. The molecule has 0 bridgehead atoms. The van der Waals surface area contributed by atoms with E-state index in [9.17, 15) is 27.1 Å². The van der Waals surface area contributed by atoms with Crippen molar-refractivity contribution >= 4 is 17.2 Å². The number of hydrogen-bond donors (Lipinski definition) is 1. The molecule has 1 aliphatic carbocycles. The van der Waals surface area contributed by atoms with Gasteiger partial charge in [-0.25, -0.2) is 8.78 Å². The van der Waals surface area contributed by atoms with E-state index < -0.39 is 41.7 Å². The van der Waals surface area contributed by atoms with E-state index in [4.69, 9.17) is 16.3 Å². The van der Waals surface area contributed by atoms with Crippen molar-refractivity contribution in [3.05, 3.63) is 94.1 Å². The topological polar surface area (TPSA) is 29.5 Å². The van der Waals surface area contributed by atoms with Gasteiger partial charge in [0.15, 0.2) is 5.60 Å². The number of rotatable bonds is 7. The van der Waals surface area contributed by atoms with E-state index in [0.717, 1.165) is 12.1 Å². The number of hydrogen-bond acceptors (Lipinski definition) is 2. The van der Waals surface area contributed by atoms with Gasteiger partial charge in [-0.3, -0.25) is 0 Å². The van der Waals surface area contributed by atoms with E-state index >= 15 is 0 Å². The smallest absolute Gasteiger partial charge is 0.417 e. The number of ether oxygens (including phenoxy) is 1. The quantitative estimate of drug-likeness (QED) is 0.334. The highest BCUT2D eigenvalue weighted by atomic mass is 35.5. The van der Waals surface area contributed by atoms with Crippen LogP contribution in [0.4, 0.5) is 22.0 Å². The fourth-order valence-electron chi connectivity index (χ4n) is 4.33. The molecule has 0 saturated carbocycles. The van der Waals surface area contributed by atoms with E-state index in [2.05, 4.69) is 0 Å². The first kappa shape index (κ1) is 34.4. The number of aliphatic hydroxyl groups is 1. The predicted octanol–water partition coefficient (Wildman–Crippen LogP) is 10.0. The van der Waals surface area contributed by atoms with Crippen molar-refractivity contribution in [3.63, 3.8) is 0 Å². The Labute approximate surface area is 233 Å². The molecule has 0 amide bonds. The molecule has 3 rings (SSSR count). The summed E-state index contributed by atoms with van der Waals surface area (Å²) in [5.74, 6) is -0.945. The van der Waals surface area contributed by atoms with Crippen LogP contribution < -0.4 is 4.74 Å². The zero-order valence-electron chi connectivity index (χ0n) is 23.5. The van der Waals surface area contributed by atoms with Crippen LogP contribution in [0.5, 0.6) is 5.75 Å². The highest BCUT2D eigenvalue weighted by Gasteiger charge is 2.56. The lowest BCUT2D eigenvalue weighted by Gasteiger charge is -2.38. The Morgan fingerprint density at radius 1 is 0.923 bits per heavy atom. The van der Waals surface area contributed by atoms with Gasteiger partial charge >= 0.3 is 6.18 Å². The van der Waals surface area contributed by atoms with Crippen LogP contribution in [0.25, 0.3) is 5.57 Å². The fourth-order valence-corrected chi connectivity index (χ4v) is 4.51. The number of benzene rings is 2. The Kier molecular flexibility index (Phi) is 12.9. The third-order valence-corrected chi connectivity index (χ3v) is 6.39. The third-order valence-electron chi connectivity index (χ3n) is 6.10. The first-order valence-electron chi connectivity index (χ1n) is 12.9. The lowest BCUT2D eigenvalue weighted by Crippen LogP contribution is -2.49. The maximum atomic E-state index is 14.2. The van der Waals surface area contributed by atoms with Gasteiger partial charge < -0.3 is 9.84 Å². The largest absolute Gasteiger partial charge is 0.496 e. The maximum Gasteiger partial charge on any atom is 0.417 e. The van der Waals surface area contributed by atoms with Gasteiger partial charge in [0.1, 0.15) is 17.4 Å². The second kappa shape index (κ2) is 14.7. The summed E-state index contributed by atoms with van der Waals surface area (Å²) < 4.78 is 75.3. The molecule has 2 nitrogen and oxygen atoms in total. The number of methoxy groups -OCH3 is 1. The van der Waals surface area contributed by atoms with E-state index in [1.165, 1.54) is 51.3 Å². The highest BCUT2D eigenvalue weighted by Crippen LogP contribution is 2.46. The van der Waals surface area contributed by atoms with Crippen LogP contribution in [0.3, 0.4) is 0 Å². The molecule has 1 atom stereocenters. The summed E-state index contributed by atoms with van der Waals surface area (Å²) >= 11 is 5.85. The van der Waals surface area contributed by atoms with Gasteiger partial charge in [0.2, 0.25) is 0 Å². The van der Waals surface area contributed by atoms with Gasteiger partial charge in [-0.05, 0) is 65.3 Å². The molecule has 0 aromatic heterocycles. The zero-order chi connectivity index (χ0) is 30.0. The number of halogens is 6. The molecule has 1 unspecified atom stereocenters. The van der Waals surface area contributed by atoms with Crippen molar-refractivity contribution in [1.29, 1.82) is 0 Å². The molecular formula is C31H38ClF5O2. The summed E-state index contributed by atoms with van der Waals surface area (Å²) in [5.41, 5.74) is -2.57. The van der Waals surface area contributed by atoms with Crippen LogP contribution in [0.1, 0.15) is 71.9 Å². The molecule has 1 N–H and O–H groups in total. The van der Waals surface area contributed by atoms with E-state index in [0.29, 0.717) is 17.6 Å². The van der Waals surface area contributed by atoms with E-state index in [-0.39, 0.29) is 21.9 Å². The molecular weight excluding hydrogens is 535 g/mol. The highest BCUT2D eigenvalue weighted by molar-refractivity contribution is 6.30. The van der Waals surface area contributed by atoms with Gasteiger partial charge in [0.05, 0.1) is 12.1 Å². The SMILES string of the molecule is CC.CC.COc1ccc(F)cc1C(C)(C)CC(O)(CC1=CCC=C(c2ccc(F)c(Cl)c2)C=C1)C(F)(F)F. The zero-order valence-corrected chi connectivity index (χ0v) is 24.3. The fraction of sp³-hybridized carbons (Fsp3) is 0.419. The first-order chi connectivity index (χ1) is 18.3. The Morgan fingerprint density at radius 3 is 2.13 bits per heavy atom. The molecule has 1 aliphatic rings. The lowest BCUT2D eigenvalue weighted by molar-refractivity contribution is -0.266. The van der Waals surface area contributed by atoms with Crippen LogP contribution in [-0.2, 0) is 5.41 Å². The number of allylic oxidation sites excluding steroid dienone is 5. The standard InChI is InChI=1S/C27H26ClF5O2.2C2H6/c1-25(2,21-14-20(29)10-12-24(21)35-3)16-26(34,27(31,32)33)15-17-5-4-6-18(8-7-17)19-9-11-23(30)22(28)13-19;2*1-2/h5-14,34H,4,15-16H2,1-3H3;2*1-2H3. The van der Waals surface area contributed by atoms with Crippen molar-refractivity contribution in [2.75, 3.05) is 7.11 Å². The molecule has 39 heavy (non-hydrogen) atoms. The van der Waals surface area contributed by atoms with Crippen molar-refractivity contribution < 1.29 is 31.8 Å². The van der Waals surface area contributed by atoms with Gasteiger partial charge in [0, 0.05) is 12.0 Å². The summed E-state index contributed by atoms with van der Waals surface area (Å²) in [7, 11) is 1.35. The van der Waals surface area contributed by atoms with Crippen molar-refractivity contribution in [1.82, 2.24) is 0 Å². The first-order valence-corrected chi connectivity index (χ1v) is 13.3. The minimum absolute atomic E-state index is 0.0596. The predicted molar refractivity (Wildman–Crippen MR) is 150 cm³/mol. The van der Waals surface area contributed by atoms with Crippen LogP contribution in [0.15, 0.2) is 66.3 Å². The second-order valence-electron chi connectivity index (χ2n) is 9.25. The van der Waals surface area contributed by atoms with Crippen LogP contribution in [0.2, 0.25) is 5.02 Å². The normalized spacial score (nSPS) is 14.9. The van der Waals surface area contributed by atoms with Crippen molar-refractivity contribution in [2.24, 2.45) is 0 Å². The summed E-state index contributed by atoms with van der Waals surface area (Å²) in [6.07, 6.45) is 0.431. The second-order valence-corrected chi connectivity index (χ2v) is 9.66. The van der Waals surface area contributed by atoms with Gasteiger partial charge in [-0.2, -0.15) is 13.2 Å². The third kappa shape index (κ3) is 8.94. The molecule has 0 radical (unpaired) electrons. The Morgan fingerprint density at radius 2 is 1.56 bits per heavy atom. The average Bonchev–Trinajstić information content (AvgIpc) is 3.12. The summed E-state index contributed by atoms with van der Waals surface area (Å²) in [5, 5.41) is 10.9. The maximum absolute atomic E-state index is 14.2. The minimum atomic E-state index is -4.95. The molecule has 0 spiro atoms. The minimum Gasteiger partial charge on any atom is -0.496 e. The van der Waals surface area contributed by atoms with Gasteiger partial charge in [-0.15, -0.1) is 0 Å². The van der Waals surface area contributed by atoms with Crippen LogP contribution >= 0.6 is 11.6 Å². The summed E-state index contributed by atoms with van der Waals surface area (Å²) in [6, 6.07) is 7.84. The van der Waals surface area contributed by atoms with Crippen LogP contribution in [-0.4, -0.2) is 24.0 Å². The van der Waals surface area contributed by atoms with Gasteiger partial charge in [-0.1, -0.05) is 83.5 Å². The monoisotopic (exact) mass is 572 g/mol. The molecule has 8 heteroatoms. The average molecular weight is 573 g/mol. The Hall–Kier alpha value is -2.64.